The first-order valence-corrected chi connectivity index (χ1v) is 9.54. The molecule has 0 atom stereocenters. The van der Waals surface area contributed by atoms with E-state index in [0.717, 1.165) is 24.0 Å². The topological polar surface area (TPSA) is 91.0 Å². The largest absolute Gasteiger partial charge is 0.493 e. The highest BCUT2D eigenvalue weighted by Crippen LogP contribution is 2.27. The molecule has 0 radical (unpaired) electrons. The summed E-state index contributed by atoms with van der Waals surface area (Å²) in [6.07, 6.45) is 6.83. The van der Waals surface area contributed by atoms with Crippen molar-refractivity contribution >= 4 is 5.96 Å². The summed E-state index contributed by atoms with van der Waals surface area (Å²) < 4.78 is 16.4. The molecule has 0 saturated heterocycles. The second-order valence-corrected chi connectivity index (χ2v) is 6.77. The minimum Gasteiger partial charge on any atom is -0.493 e. The number of nitrogens with two attached hydrogens (primary N) is 1. The molecular formula is C21H28N4O3. The minimum absolute atomic E-state index is 0.313. The lowest BCUT2D eigenvalue weighted by Gasteiger charge is -2.12. The Morgan fingerprint density at radius 3 is 2.54 bits per heavy atom. The first kappa shape index (κ1) is 19.8. The van der Waals surface area contributed by atoms with Gasteiger partial charge in [0.05, 0.1) is 20.8 Å². The van der Waals surface area contributed by atoms with Crippen LogP contribution in [0.25, 0.3) is 0 Å². The van der Waals surface area contributed by atoms with E-state index in [1.807, 2.05) is 30.3 Å². The van der Waals surface area contributed by atoms with Crippen molar-refractivity contribution in [2.75, 3.05) is 14.2 Å². The number of nitrogens with zero attached hydrogens (tertiary/aromatic N) is 2. The summed E-state index contributed by atoms with van der Waals surface area (Å²) in [4.78, 5) is 8.74. The van der Waals surface area contributed by atoms with Crippen LogP contribution in [0.2, 0.25) is 0 Å². The number of nitrogens with one attached hydrogen (secondary N) is 1. The van der Waals surface area contributed by atoms with Gasteiger partial charge in [-0.3, -0.25) is 0 Å². The second-order valence-electron chi connectivity index (χ2n) is 6.77. The molecule has 7 nitrogen and oxygen atoms in total. The Kier molecular flexibility index (Phi) is 6.94. The van der Waals surface area contributed by atoms with Crippen molar-refractivity contribution in [2.45, 2.75) is 44.9 Å². The number of aliphatic imine (C=N–C) groups is 1. The Labute approximate surface area is 165 Å². The number of benzene rings is 1. The van der Waals surface area contributed by atoms with Crippen LogP contribution in [-0.2, 0) is 13.1 Å². The van der Waals surface area contributed by atoms with Gasteiger partial charge in [0.2, 0.25) is 5.88 Å². The van der Waals surface area contributed by atoms with E-state index in [1.54, 1.807) is 20.4 Å². The molecule has 3 rings (SSSR count). The SMILES string of the molecule is COc1ccc(CNC(N)=NCc2ccc(OC3CCCC3)nc2)cc1OC. The standard InChI is InChI=1S/C21H28N4O3/c1-26-18-9-7-15(11-19(18)27-2)12-24-21(22)25-14-16-8-10-20(23-13-16)28-17-5-3-4-6-17/h7-11,13,17H,3-6,12,14H2,1-2H3,(H3,22,24,25). The van der Waals surface area contributed by atoms with Crippen molar-refractivity contribution in [3.05, 3.63) is 47.7 Å². The third-order valence-corrected chi connectivity index (χ3v) is 4.74. The number of rotatable bonds is 8. The van der Waals surface area contributed by atoms with E-state index in [0.29, 0.717) is 42.5 Å². The third kappa shape index (κ3) is 5.52. The fourth-order valence-corrected chi connectivity index (χ4v) is 3.17. The Bertz CT molecular complexity index is 787. The predicted molar refractivity (Wildman–Crippen MR) is 109 cm³/mol. The Balaban J connectivity index is 1.48. The summed E-state index contributed by atoms with van der Waals surface area (Å²) in [6, 6.07) is 9.60. The average molecular weight is 384 g/mol. The maximum atomic E-state index is 5.97. The van der Waals surface area contributed by atoms with Crippen molar-refractivity contribution in [2.24, 2.45) is 10.7 Å². The summed E-state index contributed by atoms with van der Waals surface area (Å²) >= 11 is 0. The molecule has 1 aliphatic carbocycles. The molecule has 0 aliphatic heterocycles. The minimum atomic E-state index is 0.313. The Morgan fingerprint density at radius 2 is 1.86 bits per heavy atom. The number of hydrogen-bond acceptors (Lipinski definition) is 5. The van der Waals surface area contributed by atoms with Crippen molar-refractivity contribution in [3.8, 4) is 17.4 Å². The van der Waals surface area contributed by atoms with Gasteiger partial charge in [-0.2, -0.15) is 0 Å². The van der Waals surface area contributed by atoms with Gasteiger partial charge >= 0.3 is 0 Å². The van der Waals surface area contributed by atoms with Crippen molar-refractivity contribution in [3.63, 3.8) is 0 Å². The van der Waals surface area contributed by atoms with Crippen LogP contribution in [0.3, 0.4) is 0 Å². The summed E-state index contributed by atoms with van der Waals surface area (Å²) in [5.41, 5.74) is 7.97. The maximum absolute atomic E-state index is 5.97. The molecule has 1 aromatic carbocycles. The fourth-order valence-electron chi connectivity index (χ4n) is 3.17. The van der Waals surface area contributed by atoms with Gasteiger partial charge in [-0.1, -0.05) is 12.1 Å². The second kappa shape index (κ2) is 9.82. The van der Waals surface area contributed by atoms with Gasteiger partial charge < -0.3 is 25.3 Å². The number of methoxy groups -OCH3 is 2. The molecule has 0 bridgehead atoms. The van der Waals surface area contributed by atoms with Crippen LogP contribution in [0.1, 0.15) is 36.8 Å². The van der Waals surface area contributed by atoms with E-state index >= 15 is 0 Å². The fraction of sp³-hybridized carbons (Fsp3) is 0.429. The molecule has 0 unspecified atom stereocenters. The molecule has 1 aromatic heterocycles. The molecular weight excluding hydrogens is 356 g/mol. The van der Waals surface area contributed by atoms with Gasteiger partial charge in [0.1, 0.15) is 6.10 Å². The monoisotopic (exact) mass is 384 g/mol. The van der Waals surface area contributed by atoms with Crippen LogP contribution in [0.4, 0.5) is 0 Å². The van der Waals surface area contributed by atoms with Crippen LogP contribution in [0.15, 0.2) is 41.5 Å². The lowest BCUT2D eigenvalue weighted by Crippen LogP contribution is -2.31. The zero-order valence-electron chi connectivity index (χ0n) is 16.5. The number of ether oxygens (including phenoxy) is 3. The van der Waals surface area contributed by atoms with E-state index in [4.69, 9.17) is 19.9 Å². The first-order valence-electron chi connectivity index (χ1n) is 9.54. The lowest BCUT2D eigenvalue weighted by atomic mass is 10.2. The molecule has 1 fully saturated rings. The maximum Gasteiger partial charge on any atom is 0.213 e. The molecule has 1 saturated carbocycles. The van der Waals surface area contributed by atoms with Crippen LogP contribution in [0.5, 0.6) is 17.4 Å². The van der Waals surface area contributed by atoms with Gasteiger partial charge in [0.25, 0.3) is 0 Å². The van der Waals surface area contributed by atoms with Gasteiger partial charge in [-0.05, 0) is 48.9 Å². The Morgan fingerprint density at radius 1 is 1.11 bits per heavy atom. The highest BCUT2D eigenvalue weighted by Gasteiger charge is 2.16. The van der Waals surface area contributed by atoms with Crippen molar-refractivity contribution < 1.29 is 14.2 Å². The Hall–Kier alpha value is -2.96. The van der Waals surface area contributed by atoms with Crippen LogP contribution >= 0.6 is 0 Å². The molecule has 150 valence electrons. The number of guanidine groups is 1. The van der Waals surface area contributed by atoms with Crippen molar-refractivity contribution in [1.29, 1.82) is 0 Å². The van der Waals surface area contributed by atoms with Crippen molar-refractivity contribution in [1.82, 2.24) is 10.3 Å². The summed E-state index contributed by atoms with van der Waals surface area (Å²) in [5, 5.41) is 3.10. The molecule has 28 heavy (non-hydrogen) atoms. The predicted octanol–water partition coefficient (Wildman–Crippen LogP) is 3.02. The van der Waals surface area contributed by atoms with Crippen LogP contribution in [0, 0.1) is 0 Å². The van der Waals surface area contributed by atoms with Gasteiger partial charge in [0.15, 0.2) is 17.5 Å². The number of pyridine rings is 1. The van der Waals surface area contributed by atoms with Gasteiger partial charge in [0, 0.05) is 18.8 Å². The third-order valence-electron chi connectivity index (χ3n) is 4.74. The highest BCUT2D eigenvalue weighted by molar-refractivity contribution is 5.77. The first-order chi connectivity index (χ1) is 13.7. The van der Waals surface area contributed by atoms with E-state index in [-0.39, 0.29) is 0 Å². The normalized spacial score (nSPS) is 14.7. The number of hydrogen-bond donors (Lipinski definition) is 2. The number of aromatic nitrogens is 1. The summed E-state index contributed by atoms with van der Waals surface area (Å²) in [5.74, 6) is 2.43. The molecule has 1 heterocycles. The van der Waals surface area contributed by atoms with E-state index < -0.39 is 0 Å². The van der Waals surface area contributed by atoms with E-state index in [9.17, 15) is 0 Å². The highest BCUT2D eigenvalue weighted by atomic mass is 16.5. The molecule has 2 aromatic rings. The summed E-state index contributed by atoms with van der Waals surface area (Å²) in [7, 11) is 3.23. The van der Waals surface area contributed by atoms with E-state index in [2.05, 4.69) is 15.3 Å². The zero-order valence-corrected chi connectivity index (χ0v) is 16.5. The molecule has 3 N–H and O–H groups in total. The van der Waals surface area contributed by atoms with Gasteiger partial charge in [-0.15, -0.1) is 0 Å². The molecule has 0 spiro atoms. The van der Waals surface area contributed by atoms with Crippen LogP contribution in [-0.4, -0.2) is 31.3 Å². The molecule has 1 aliphatic rings. The zero-order chi connectivity index (χ0) is 19.8. The quantitative estimate of drug-likeness (QED) is 0.537. The molecule has 0 amide bonds. The molecule has 7 heteroatoms. The van der Waals surface area contributed by atoms with E-state index in [1.165, 1.54) is 12.8 Å². The smallest absolute Gasteiger partial charge is 0.213 e. The summed E-state index contributed by atoms with van der Waals surface area (Å²) in [6.45, 7) is 1.00. The lowest BCUT2D eigenvalue weighted by molar-refractivity contribution is 0.201. The van der Waals surface area contributed by atoms with Crippen LogP contribution < -0.4 is 25.3 Å². The average Bonchev–Trinajstić information content (AvgIpc) is 3.24. The van der Waals surface area contributed by atoms with Gasteiger partial charge in [-0.25, -0.2) is 9.98 Å².